The first-order valence-corrected chi connectivity index (χ1v) is 9.15. The van der Waals surface area contributed by atoms with Gasteiger partial charge in [0.1, 0.15) is 5.75 Å². The van der Waals surface area contributed by atoms with Crippen molar-refractivity contribution in [3.8, 4) is 5.75 Å². The van der Waals surface area contributed by atoms with E-state index in [0.717, 1.165) is 12.8 Å². The van der Waals surface area contributed by atoms with Gasteiger partial charge in [-0.3, -0.25) is 15.6 Å². The third kappa shape index (κ3) is 7.47. The molecule has 0 heterocycles. The molecule has 5 nitrogen and oxygen atoms in total. The van der Waals surface area contributed by atoms with Crippen LogP contribution in [0.15, 0.2) is 48.5 Å². The van der Waals surface area contributed by atoms with Gasteiger partial charge in [-0.25, -0.2) is 0 Å². The Kier molecular flexibility index (Phi) is 8.47. The van der Waals surface area contributed by atoms with Crippen LogP contribution >= 0.6 is 35.4 Å². The topological polar surface area (TPSA) is 62.4 Å². The standard InChI is InChI=1S/C18H19Cl2N3O2S/c19-14-8-9-16(15(20)11-14)25-12-17(24)22-23-18(26)21-10-4-7-13-5-2-1-3-6-13/h1-3,5-6,8-9,11H,4,7,10,12H2,(H,22,24)(H2,21,23,26). The molecule has 0 aromatic heterocycles. The minimum atomic E-state index is -0.385. The Bertz CT molecular complexity index is 744. The van der Waals surface area contributed by atoms with Crippen LogP contribution in [0.3, 0.4) is 0 Å². The van der Waals surface area contributed by atoms with Gasteiger partial charge in [0.25, 0.3) is 5.91 Å². The normalized spacial score (nSPS) is 10.1. The number of hydrogen-bond acceptors (Lipinski definition) is 3. The Morgan fingerprint density at radius 2 is 1.85 bits per heavy atom. The summed E-state index contributed by atoms with van der Waals surface area (Å²) in [4.78, 5) is 11.8. The van der Waals surface area contributed by atoms with Crippen molar-refractivity contribution < 1.29 is 9.53 Å². The smallest absolute Gasteiger partial charge is 0.276 e. The minimum Gasteiger partial charge on any atom is -0.482 e. The lowest BCUT2D eigenvalue weighted by atomic mass is 10.1. The van der Waals surface area contributed by atoms with Gasteiger partial charge in [-0.2, -0.15) is 0 Å². The molecule has 0 aliphatic rings. The van der Waals surface area contributed by atoms with E-state index in [1.165, 1.54) is 5.56 Å². The highest BCUT2D eigenvalue weighted by Gasteiger charge is 2.06. The second-order valence-corrected chi connectivity index (χ2v) is 6.63. The second-order valence-electron chi connectivity index (χ2n) is 5.38. The molecule has 0 bridgehead atoms. The molecule has 2 aromatic carbocycles. The van der Waals surface area contributed by atoms with Gasteiger partial charge in [-0.15, -0.1) is 0 Å². The maximum Gasteiger partial charge on any atom is 0.276 e. The number of carbonyl (C=O) groups is 1. The SMILES string of the molecule is O=C(COc1ccc(Cl)cc1Cl)NNC(=S)NCCCc1ccccc1. The number of hydrazine groups is 1. The van der Waals surface area contributed by atoms with Gasteiger partial charge in [-0.1, -0.05) is 53.5 Å². The van der Waals surface area contributed by atoms with E-state index in [0.29, 0.717) is 27.5 Å². The fourth-order valence-electron chi connectivity index (χ4n) is 2.08. The average Bonchev–Trinajstić information content (AvgIpc) is 2.63. The van der Waals surface area contributed by atoms with Crippen molar-refractivity contribution in [3.05, 3.63) is 64.1 Å². The van der Waals surface area contributed by atoms with Gasteiger partial charge in [-0.05, 0) is 48.8 Å². The first kappa shape index (κ1) is 20.3. The number of ether oxygens (including phenoxy) is 1. The van der Waals surface area contributed by atoms with Gasteiger partial charge in [0.15, 0.2) is 11.7 Å². The fourth-order valence-corrected chi connectivity index (χ4v) is 2.70. The molecule has 138 valence electrons. The molecule has 0 radical (unpaired) electrons. The third-order valence-corrected chi connectivity index (χ3v) is 4.12. The van der Waals surface area contributed by atoms with E-state index in [-0.39, 0.29) is 12.5 Å². The monoisotopic (exact) mass is 411 g/mol. The zero-order valence-corrected chi connectivity index (χ0v) is 16.3. The summed E-state index contributed by atoms with van der Waals surface area (Å²) in [6.45, 7) is 0.498. The van der Waals surface area contributed by atoms with Gasteiger partial charge in [0.05, 0.1) is 5.02 Å². The molecule has 26 heavy (non-hydrogen) atoms. The van der Waals surface area contributed by atoms with Crippen molar-refractivity contribution >= 4 is 46.4 Å². The number of rotatable bonds is 7. The molecule has 0 aliphatic heterocycles. The van der Waals surface area contributed by atoms with Gasteiger partial charge < -0.3 is 10.1 Å². The van der Waals surface area contributed by atoms with Crippen molar-refractivity contribution in [1.82, 2.24) is 16.2 Å². The lowest BCUT2D eigenvalue weighted by Crippen LogP contribution is -2.48. The lowest BCUT2D eigenvalue weighted by Gasteiger charge is -2.12. The summed E-state index contributed by atoms with van der Waals surface area (Å²) in [6, 6.07) is 15.0. The zero-order valence-electron chi connectivity index (χ0n) is 13.9. The maximum atomic E-state index is 11.8. The van der Waals surface area contributed by atoms with Crippen molar-refractivity contribution in [2.45, 2.75) is 12.8 Å². The molecule has 0 atom stereocenters. The van der Waals surface area contributed by atoms with Crippen LogP contribution in [0, 0.1) is 0 Å². The average molecular weight is 412 g/mol. The minimum absolute atomic E-state index is 0.203. The van der Waals surface area contributed by atoms with Gasteiger partial charge in [0, 0.05) is 11.6 Å². The maximum absolute atomic E-state index is 11.8. The molecule has 3 N–H and O–H groups in total. The van der Waals surface area contributed by atoms with E-state index < -0.39 is 0 Å². The van der Waals surface area contributed by atoms with Gasteiger partial charge in [0.2, 0.25) is 0 Å². The number of hydrogen-bond donors (Lipinski definition) is 3. The summed E-state index contributed by atoms with van der Waals surface area (Å²) in [5.41, 5.74) is 6.36. The summed E-state index contributed by atoms with van der Waals surface area (Å²) in [7, 11) is 0. The van der Waals surface area contributed by atoms with E-state index >= 15 is 0 Å². The Morgan fingerprint density at radius 3 is 2.58 bits per heavy atom. The largest absolute Gasteiger partial charge is 0.482 e. The molecule has 0 unspecified atom stereocenters. The number of nitrogens with one attached hydrogen (secondary N) is 3. The number of aryl methyl sites for hydroxylation is 1. The van der Waals surface area contributed by atoms with Crippen LogP contribution in [0.1, 0.15) is 12.0 Å². The Morgan fingerprint density at radius 1 is 1.08 bits per heavy atom. The molecule has 1 amide bonds. The van der Waals surface area contributed by atoms with Crippen molar-refractivity contribution in [2.75, 3.05) is 13.2 Å². The number of halogens is 2. The van der Waals surface area contributed by atoms with Crippen LogP contribution < -0.4 is 20.9 Å². The summed E-state index contributed by atoms with van der Waals surface area (Å²) in [6.07, 6.45) is 1.89. The Balaban J connectivity index is 1.58. The molecular weight excluding hydrogens is 393 g/mol. The van der Waals surface area contributed by atoms with Crippen molar-refractivity contribution in [3.63, 3.8) is 0 Å². The molecule has 0 aliphatic carbocycles. The first-order chi connectivity index (χ1) is 12.5. The van der Waals surface area contributed by atoms with Crippen LogP contribution in [-0.4, -0.2) is 24.2 Å². The van der Waals surface area contributed by atoms with E-state index in [4.69, 9.17) is 40.2 Å². The van der Waals surface area contributed by atoms with Crippen LogP contribution in [0.5, 0.6) is 5.75 Å². The van der Waals surface area contributed by atoms with Crippen molar-refractivity contribution in [1.29, 1.82) is 0 Å². The first-order valence-electron chi connectivity index (χ1n) is 7.99. The zero-order chi connectivity index (χ0) is 18.8. The van der Waals surface area contributed by atoms with Crippen LogP contribution in [0.2, 0.25) is 10.0 Å². The highest BCUT2D eigenvalue weighted by molar-refractivity contribution is 7.80. The lowest BCUT2D eigenvalue weighted by molar-refractivity contribution is -0.123. The quantitative estimate of drug-likeness (QED) is 0.369. The summed E-state index contributed by atoms with van der Waals surface area (Å²) in [5.74, 6) is -0.00252. The molecule has 2 rings (SSSR count). The molecule has 0 spiro atoms. The Labute approximate surface area is 168 Å². The molecule has 2 aromatic rings. The fraction of sp³-hybridized carbons (Fsp3) is 0.222. The predicted molar refractivity (Wildman–Crippen MR) is 109 cm³/mol. The highest BCUT2D eigenvalue weighted by atomic mass is 35.5. The predicted octanol–water partition coefficient (Wildman–Crippen LogP) is 3.50. The van der Waals surface area contributed by atoms with Crippen molar-refractivity contribution in [2.24, 2.45) is 0 Å². The van der Waals surface area contributed by atoms with E-state index in [1.54, 1.807) is 18.2 Å². The Hall–Kier alpha value is -2.02. The number of amides is 1. The third-order valence-electron chi connectivity index (χ3n) is 3.34. The van der Waals surface area contributed by atoms with Crippen LogP contribution in [0.25, 0.3) is 0 Å². The van der Waals surface area contributed by atoms with Crippen LogP contribution in [-0.2, 0) is 11.2 Å². The number of thiocarbonyl (C=S) groups is 1. The molecule has 0 saturated carbocycles. The number of carbonyl (C=O) groups excluding carboxylic acids is 1. The summed E-state index contributed by atoms with van der Waals surface area (Å²) < 4.78 is 5.33. The second kappa shape index (κ2) is 10.9. The summed E-state index contributed by atoms with van der Waals surface area (Å²) >= 11 is 16.9. The van der Waals surface area contributed by atoms with E-state index in [1.807, 2.05) is 18.2 Å². The van der Waals surface area contributed by atoms with E-state index in [9.17, 15) is 4.79 Å². The highest BCUT2D eigenvalue weighted by Crippen LogP contribution is 2.27. The summed E-state index contributed by atoms with van der Waals surface area (Å²) in [5, 5.41) is 4.21. The molecule has 0 saturated heterocycles. The molecule has 8 heteroatoms. The van der Waals surface area contributed by atoms with Crippen LogP contribution in [0.4, 0.5) is 0 Å². The molecular formula is C18H19Cl2N3O2S. The molecule has 0 fully saturated rings. The number of benzene rings is 2. The van der Waals surface area contributed by atoms with Gasteiger partial charge >= 0.3 is 0 Å². The van der Waals surface area contributed by atoms with E-state index in [2.05, 4.69) is 28.3 Å².